The van der Waals surface area contributed by atoms with E-state index < -0.39 is 0 Å². The molecule has 0 N–H and O–H groups in total. The molecule has 0 fully saturated rings. The predicted octanol–water partition coefficient (Wildman–Crippen LogP) is 12.9. The van der Waals surface area contributed by atoms with E-state index in [4.69, 9.17) is 0 Å². The Hall–Kier alpha value is -3.38. The van der Waals surface area contributed by atoms with Gasteiger partial charge in [0.15, 0.2) is 0 Å². The minimum Gasteiger partial charge on any atom is -0.0856 e. The summed E-state index contributed by atoms with van der Waals surface area (Å²) in [5, 5.41) is 0. The van der Waals surface area contributed by atoms with Gasteiger partial charge in [0.25, 0.3) is 0 Å². The Morgan fingerprint density at radius 2 is 0.625 bits per heavy atom. The lowest BCUT2D eigenvalue weighted by atomic mass is 10.1. The largest absolute Gasteiger partial charge is 0.0856 e. The summed E-state index contributed by atoms with van der Waals surface area (Å²) in [7, 11) is 0. The summed E-state index contributed by atoms with van der Waals surface area (Å²) in [5.74, 6) is 0. The summed E-state index contributed by atoms with van der Waals surface area (Å²) in [6.45, 7) is 21.5. The minimum atomic E-state index is 1.12. The summed E-state index contributed by atoms with van der Waals surface area (Å²) >= 11 is 0. The maximum Gasteiger partial charge on any atom is -0.0285 e. The van der Waals surface area contributed by atoms with Crippen LogP contribution in [0.5, 0.6) is 0 Å². The van der Waals surface area contributed by atoms with E-state index in [1.54, 1.807) is 0 Å². The SMILES string of the molecule is CC(C)=CCC/C(C)=C/C=C/C(C)=C\C=C\C(C)=C/C=C/C=C(C)\C=C\C=C(C)/C=C/C=C(\C)CCC=C(C)C. The number of hydrogen-bond donors (Lipinski definition) is 0. The summed E-state index contributed by atoms with van der Waals surface area (Å²) in [4.78, 5) is 0. The van der Waals surface area contributed by atoms with Gasteiger partial charge >= 0.3 is 0 Å². The molecule has 0 saturated heterocycles. The van der Waals surface area contributed by atoms with Gasteiger partial charge in [-0.25, -0.2) is 0 Å². The van der Waals surface area contributed by atoms with Crippen LogP contribution in [0.2, 0.25) is 0 Å². The second-order valence-electron chi connectivity index (χ2n) is 11.1. The third-order valence-corrected chi connectivity index (χ3v) is 5.93. The van der Waals surface area contributed by atoms with Crippen LogP contribution >= 0.6 is 0 Å². The van der Waals surface area contributed by atoms with Crippen LogP contribution in [0.25, 0.3) is 0 Å². The first-order valence-electron chi connectivity index (χ1n) is 14.7. The lowest BCUT2D eigenvalue weighted by molar-refractivity contribution is 0.967. The molecule has 0 unspecified atom stereocenters. The Bertz CT molecular complexity index is 1050. The third-order valence-electron chi connectivity index (χ3n) is 5.93. The van der Waals surface area contributed by atoms with Crippen molar-refractivity contribution >= 4 is 0 Å². The molecule has 0 nitrogen and oxygen atoms in total. The summed E-state index contributed by atoms with van der Waals surface area (Å²) in [6.07, 6.45) is 43.3. The van der Waals surface area contributed by atoms with E-state index in [2.05, 4.69) is 179 Å². The van der Waals surface area contributed by atoms with Crippen LogP contribution in [-0.4, -0.2) is 0 Å². The third kappa shape index (κ3) is 24.9. The normalized spacial score (nSPS) is 15.1. The molecular formula is C40H56. The van der Waals surface area contributed by atoms with Crippen molar-refractivity contribution in [1.29, 1.82) is 0 Å². The second kappa shape index (κ2) is 23.5. The fourth-order valence-electron chi connectivity index (χ4n) is 3.41. The molecule has 216 valence electrons. The van der Waals surface area contributed by atoms with Gasteiger partial charge in [-0.1, -0.05) is 154 Å². The van der Waals surface area contributed by atoms with Crippen molar-refractivity contribution in [2.75, 3.05) is 0 Å². The van der Waals surface area contributed by atoms with Crippen molar-refractivity contribution in [3.8, 4) is 0 Å². The smallest absolute Gasteiger partial charge is 0.0285 e. The lowest BCUT2D eigenvalue weighted by Crippen LogP contribution is -1.76. The molecule has 0 aromatic heterocycles. The predicted molar refractivity (Wildman–Crippen MR) is 186 cm³/mol. The highest BCUT2D eigenvalue weighted by molar-refractivity contribution is 5.32. The van der Waals surface area contributed by atoms with E-state index >= 15 is 0 Å². The van der Waals surface area contributed by atoms with Crippen molar-refractivity contribution in [2.24, 2.45) is 0 Å². The minimum absolute atomic E-state index is 1.12. The molecule has 0 aromatic rings. The van der Waals surface area contributed by atoms with Gasteiger partial charge < -0.3 is 0 Å². The monoisotopic (exact) mass is 536 g/mol. The molecule has 0 spiro atoms. The first kappa shape index (κ1) is 36.6. The van der Waals surface area contributed by atoms with Crippen molar-refractivity contribution in [3.63, 3.8) is 0 Å². The van der Waals surface area contributed by atoms with Crippen LogP contribution in [0.4, 0.5) is 0 Å². The Morgan fingerprint density at radius 3 is 0.925 bits per heavy atom. The van der Waals surface area contributed by atoms with E-state index in [0.717, 1.165) is 25.7 Å². The Morgan fingerprint density at radius 1 is 0.350 bits per heavy atom. The maximum atomic E-state index is 2.30. The highest BCUT2D eigenvalue weighted by Crippen LogP contribution is 2.09. The second-order valence-corrected chi connectivity index (χ2v) is 11.1. The molecule has 0 heteroatoms. The highest BCUT2D eigenvalue weighted by atomic mass is 13.9. The Balaban J connectivity index is 4.70. The van der Waals surface area contributed by atoms with Crippen LogP contribution in [0.1, 0.15) is 94.9 Å². The van der Waals surface area contributed by atoms with E-state index in [1.807, 2.05) is 0 Å². The maximum absolute atomic E-state index is 2.30. The van der Waals surface area contributed by atoms with Crippen LogP contribution in [0, 0.1) is 0 Å². The van der Waals surface area contributed by atoms with Gasteiger partial charge in [0.05, 0.1) is 0 Å². The first-order valence-corrected chi connectivity index (χ1v) is 14.7. The van der Waals surface area contributed by atoms with Gasteiger partial charge in [-0.3, -0.25) is 0 Å². The molecule has 0 aliphatic rings. The molecule has 0 rings (SSSR count). The highest BCUT2D eigenvalue weighted by Gasteiger charge is 1.88. The average molecular weight is 537 g/mol. The van der Waals surface area contributed by atoms with Crippen molar-refractivity contribution in [2.45, 2.75) is 94.9 Å². The summed E-state index contributed by atoms with van der Waals surface area (Å²) < 4.78 is 0. The van der Waals surface area contributed by atoms with Crippen molar-refractivity contribution < 1.29 is 0 Å². The topological polar surface area (TPSA) is 0 Å². The molecule has 0 atom stereocenters. The number of allylic oxidation sites excluding steroid dienone is 26. The van der Waals surface area contributed by atoms with E-state index in [0.29, 0.717) is 0 Å². The molecule has 0 heterocycles. The summed E-state index contributed by atoms with van der Waals surface area (Å²) in [6, 6.07) is 0. The molecule has 0 aliphatic heterocycles. The van der Waals surface area contributed by atoms with Gasteiger partial charge in [-0.05, 0) is 94.9 Å². The molecule has 0 bridgehead atoms. The average Bonchev–Trinajstić information content (AvgIpc) is 2.86. The lowest BCUT2D eigenvalue weighted by Gasteiger charge is -1.96. The van der Waals surface area contributed by atoms with Crippen molar-refractivity contribution in [1.82, 2.24) is 0 Å². The van der Waals surface area contributed by atoms with Crippen molar-refractivity contribution in [3.05, 3.63) is 154 Å². The van der Waals surface area contributed by atoms with Gasteiger partial charge in [0, 0.05) is 0 Å². The first-order chi connectivity index (χ1) is 19.0. The van der Waals surface area contributed by atoms with Crippen LogP contribution in [-0.2, 0) is 0 Å². The van der Waals surface area contributed by atoms with E-state index in [9.17, 15) is 0 Å². The van der Waals surface area contributed by atoms with Gasteiger partial charge in [-0.15, -0.1) is 0 Å². The summed E-state index contributed by atoms with van der Waals surface area (Å²) in [5.41, 5.74) is 10.5. The molecular weight excluding hydrogens is 480 g/mol. The number of hydrogen-bond acceptors (Lipinski definition) is 0. The van der Waals surface area contributed by atoms with Crippen LogP contribution in [0.3, 0.4) is 0 Å². The zero-order valence-corrected chi connectivity index (χ0v) is 27.2. The molecule has 0 aliphatic carbocycles. The zero-order chi connectivity index (χ0) is 30.2. The molecule has 0 amide bonds. The fraction of sp³-hybridized carbons (Fsp3) is 0.350. The van der Waals surface area contributed by atoms with E-state index in [1.165, 1.54) is 44.6 Å². The standard InChI is InChI=1S/C40H56/c1-33(2)19-13-23-37(7)27-17-31-39(9)29-15-25-35(5)21-11-12-22-36(6)26-16-30-40(10)32-18-28-38(8)24-14-20-34(3)4/h11-12,15-22,25-32H,13-14,23-24H2,1-10H3/b12-11+,25-15+,26-16+,31-17+,32-18+,35-21-,36-22-,37-27+,38-28+,39-29-,40-30-. The van der Waals surface area contributed by atoms with Gasteiger partial charge in [0.2, 0.25) is 0 Å². The zero-order valence-electron chi connectivity index (χ0n) is 27.2. The van der Waals surface area contributed by atoms with Crippen LogP contribution < -0.4 is 0 Å². The van der Waals surface area contributed by atoms with E-state index in [-0.39, 0.29) is 0 Å². The molecule has 0 saturated carbocycles. The molecule has 40 heavy (non-hydrogen) atoms. The Kier molecular flexibility index (Phi) is 21.5. The fourth-order valence-corrected chi connectivity index (χ4v) is 3.41. The number of rotatable bonds is 16. The van der Waals surface area contributed by atoms with Crippen LogP contribution in [0.15, 0.2) is 154 Å². The Labute approximate surface area is 248 Å². The van der Waals surface area contributed by atoms with Gasteiger partial charge in [-0.2, -0.15) is 0 Å². The molecule has 0 aromatic carbocycles. The quantitative estimate of drug-likeness (QED) is 0.136. The van der Waals surface area contributed by atoms with Gasteiger partial charge in [0.1, 0.15) is 0 Å². The molecule has 0 radical (unpaired) electrons.